The minimum absolute atomic E-state index is 0.106. The molecule has 3 aromatic heterocycles. The van der Waals surface area contributed by atoms with Crippen LogP contribution in [0.5, 0.6) is 0 Å². The summed E-state index contributed by atoms with van der Waals surface area (Å²) in [5, 5.41) is 9.73. The first kappa shape index (κ1) is 19.1. The van der Waals surface area contributed by atoms with E-state index in [0.717, 1.165) is 34.4 Å². The van der Waals surface area contributed by atoms with Crippen molar-refractivity contribution in [2.75, 3.05) is 6.54 Å². The second-order valence-corrected chi connectivity index (χ2v) is 7.71. The van der Waals surface area contributed by atoms with Crippen LogP contribution in [0.4, 0.5) is 0 Å². The molecular weight excluding hydrogens is 386 g/mol. The van der Waals surface area contributed by atoms with Crippen molar-refractivity contribution in [2.24, 2.45) is 0 Å². The molecule has 154 valence electrons. The number of amides is 1. The van der Waals surface area contributed by atoms with E-state index in [4.69, 9.17) is 0 Å². The van der Waals surface area contributed by atoms with Crippen LogP contribution in [0.2, 0.25) is 0 Å². The van der Waals surface area contributed by atoms with Crippen LogP contribution in [0.15, 0.2) is 66.9 Å². The molecule has 0 aliphatic rings. The van der Waals surface area contributed by atoms with E-state index in [9.17, 15) is 4.79 Å². The smallest absolute Gasteiger partial charge is 0.252 e. The van der Waals surface area contributed by atoms with Gasteiger partial charge < -0.3 is 10.3 Å². The Balaban J connectivity index is 1.43. The number of hydrogen-bond acceptors (Lipinski definition) is 3. The summed E-state index contributed by atoms with van der Waals surface area (Å²) >= 11 is 0. The van der Waals surface area contributed by atoms with Gasteiger partial charge in [-0.1, -0.05) is 36.4 Å². The van der Waals surface area contributed by atoms with Gasteiger partial charge in [-0.05, 0) is 50.1 Å². The van der Waals surface area contributed by atoms with Gasteiger partial charge in [-0.25, -0.2) is 9.67 Å². The van der Waals surface area contributed by atoms with E-state index in [1.807, 2.05) is 68.6 Å². The molecule has 0 aliphatic carbocycles. The third kappa shape index (κ3) is 3.46. The van der Waals surface area contributed by atoms with E-state index in [1.165, 1.54) is 10.9 Å². The predicted molar refractivity (Wildman–Crippen MR) is 123 cm³/mol. The number of aromatic nitrogens is 4. The minimum atomic E-state index is -0.106. The van der Waals surface area contributed by atoms with Crippen molar-refractivity contribution >= 4 is 27.8 Å². The Hall–Kier alpha value is -3.93. The van der Waals surface area contributed by atoms with Gasteiger partial charge in [0.1, 0.15) is 0 Å². The molecule has 0 fully saturated rings. The molecule has 0 aliphatic heterocycles. The molecule has 0 unspecified atom stereocenters. The molecule has 3 heterocycles. The molecule has 0 atom stereocenters. The number of rotatable bonds is 5. The lowest BCUT2D eigenvalue weighted by molar-refractivity contribution is 0.0955. The topological polar surface area (TPSA) is 75.6 Å². The zero-order valence-corrected chi connectivity index (χ0v) is 17.5. The number of nitrogens with zero attached hydrogens (tertiary/aromatic N) is 3. The highest BCUT2D eigenvalue weighted by Crippen LogP contribution is 2.25. The third-order valence-electron chi connectivity index (χ3n) is 5.54. The normalized spacial score (nSPS) is 11.3. The van der Waals surface area contributed by atoms with Crippen LogP contribution in [0.25, 0.3) is 27.6 Å². The van der Waals surface area contributed by atoms with Crippen molar-refractivity contribution in [1.82, 2.24) is 25.1 Å². The first-order valence-electron chi connectivity index (χ1n) is 10.4. The number of carbonyl (C=O) groups is 1. The highest BCUT2D eigenvalue weighted by Gasteiger charge is 2.19. The number of aryl methyl sites for hydroxylation is 2. The fourth-order valence-corrected chi connectivity index (χ4v) is 4.09. The number of H-pyrrole nitrogens is 1. The van der Waals surface area contributed by atoms with Crippen LogP contribution in [-0.2, 0) is 6.42 Å². The van der Waals surface area contributed by atoms with Crippen LogP contribution in [0.3, 0.4) is 0 Å². The molecule has 5 aromatic rings. The minimum Gasteiger partial charge on any atom is -0.361 e. The number of pyridine rings is 1. The van der Waals surface area contributed by atoms with Gasteiger partial charge in [-0.3, -0.25) is 4.79 Å². The van der Waals surface area contributed by atoms with Gasteiger partial charge in [0.25, 0.3) is 5.91 Å². The molecule has 0 saturated heterocycles. The number of aromatic amines is 1. The average molecular weight is 409 g/mol. The molecule has 6 nitrogen and oxygen atoms in total. The summed E-state index contributed by atoms with van der Waals surface area (Å²) in [5.41, 5.74) is 6.11. The van der Waals surface area contributed by atoms with Gasteiger partial charge in [-0.2, -0.15) is 5.10 Å². The number of nitrogens with one attached hydrogen (secondary N) is 2. The van der Waals surface area contributed by atoms with Gasteiger partial charge in [-0.15, -0.1) is 0 Å². The second-order valence-electron chi connectivity index (χ2n) is 7.71. The van der Waals surface area contributed by atoms with E-state index in [1.54, 1.807) is 4.68 Å². The van der Waals surface area contributed by atoms with Crippen molar-refractivity contribution in [1.29, 1.82) is 0 Å². The van der Waals surface area contributed by atoms with Gasteiger partial charge in [0, 0.05) is 29.3 Å². The van der Waals surface area contributed by atoms with Crippen LogP contribution in [0.1, 0.15) is 27.3 Å². The van der Waals surface area contributed by atoms with Crippen LogP contribution in [-0.4, -0.2) is 32.2 Å². The SMILES string of the molecule is Cc1cc(C(=O)NCCc2c[nH]c3ccccc23)c2c(C)nn(-c3ccccc3)c2n1. The molecule has 2 N–H and O–H groups in total. The van der Waals surface area contributed by atoms with E-state index in [2.05, 4.69) is 32.5 Å². The highest BCUT2D eigenvalue weighted by molar-refractivity contribution is 6.06. The Morgan fingerprint density at radius 3 is 2.68 bits per heavy atom. The van der Waals surface area contributed by atoms with E-state index in [-0.39, 0.29) is 5.91 Å². The Morgan fingerprint density at radius 1 is 1.06 bits per heavy atom. The maximum atomic E-state index is 13.1. The number of fused-ring (bicyclic) bond motifs is 2. The molecule has 0 spiro atoms. The summed E-state index contributed by atoms with van der Waals surface area (Å²) in [6.07, 6.45) is 2.77. The van der Waals surface area contributed by atoms with Gasteiger partial charge >= 0.3 is 0 Å². The van der Waals surface area contributed by atoms with Gasteiger partial charge in [0.2, 0.25) is 0 Å². The van der Waals surface area contributed by atoms with Crippen molar-refractivity contribution in [3.63, 3.8) is 0 Å². The monoisotopic (exact) mass is 409 g/mol. The predicted octanol–water partition coefficient (Wildman–Crippen LogP) is 4.49. The van der Waals surface area contributed by atoms with Crippen LogP contribution >= 0.6 is 0 Å². The maximum Gasteiger partial charge on any atom is 0.252 e. The molecular formula is C25H23N5O. The van der Waals surface area contributed by atoms with Crippen LogP contribution in [0, 0.1) is 13.8 Å². The second kappa shape index (κ2) is 7.72. The van der Waals surface area contributed by atoms with Crippen molar-refractivity contribution in [3.8, 4) is 5.69 Å². The van der Waals surface area contributed by atoms with Crippen molar-refractivity contribution < 1.29 is 4.79 Å². The van der Waals surface area contributed by atoms with E-state index < -0.39 is 0 Å². The highest BCUT2D eigenvalue weighted by atomic mass is 16.1. The molecule has 2 aromatic carbocycles. The molecule has 31 heavy (non-hydrogen) atoms. The zero-order chi connectivity index (χ0) is 21.4. The standard InChI is InChI=1S/C25H23N5O/c1-16-14-21(23-17(2)29-30(24(23)28-16)19-8-4-3-5-9-19)25(31)26-13-12-18-15-27-22-11-7-6-10-20(18)22/h3-11,14-15,27H,12-13H2,1-2H3,(H,26,31). The fourth-order valence-electron chi connectivity index (χ4n) is 4.09. The first-order valence-corrected chi connectivity index (χ1v) is 10.4. The summed E-state index contributed by atoms with van der Waals surface area (Å²) in [6.45, 7) is 4.37. The van der Waals surface area contributed by atoms with Gasteiger partial charge in [0.05, 0.1) is 22.3 Å². The number of para-hydroxylation sites is 2. The Morgan fingerprint density at radius 2 is 1.84 bits per heavy atom. The third-order valence-corrected chi connectivity index (χ3v) is 5.54. The van der Waals surface area contributed by atoms with Crippen molar-refractivity contribution in [2.45, 2.75) is 20.3 Å². The molecule has 0 radical (unpaired) electrons. The lowest BCUT2D eigenvalue weighted by atomic mass is 10.1. The Bertz CT molecular complexity index is 1400. The average Bonchev–Trinajstić information content (AvgIpc) is 3.35. The quantitative estimate of drug-likeness (QED) is 0.449. The maximum absolute atomic E-state index is 13.1. The molecule has 1 amide bonds. The largest absolute Gasteiger partial charge is 0.361 e. The Labute approximate surface area is 179 Å². The molecule has 6 heteroatoms. The fraction of sp³-hybridized carbons (Fsp3) is 0.160. The van der Waals surface area contributed by atoms with Crippen LogP contribution < -0.4 is 5.32 Å². The van der Waals surface area contributed by atoms with Gasteiger partial charge in [0.15, 0.2) is 5.65 Å². The molecule has 0 bridgehead atoms. The van der Waals surface area contributed by atoms with E-state index in [0.29, 0.717) is 17.8 Å². The number of hydrogen-bond donors (Lipinski definition) is 2. The zero-order valence-electron chi connectivity index (χ0n) is 17.5. The summed E-state index contributed by atoms with van der Waals surface area (Å²) in [5.74, 6) is -0.106. The first-order chi connectivity index (χ1) is 15.1. The van der Waals surface area contributed by atoms with E-state index >= 15 is 0 Å². The summed E-state index contributed by atoms with van der Waals surface area (Å²) < 4.78 is 1.81. The summed E-state index contributed by atoms with van der Waals surface area (Å²) in [6, 6.07) is 19.9. The summed E-state index contributed by atoms with van der Waals surface area (Å²) in [7, 11) is 0. The van der Waals surface area contributed by atoms with Crippen molar-refractivity contribution in [3.05, 3.63) is 89.4 Å². The molecule has 5 rings (SSSR count). The lowest BCUT2D eigenvalue weighted by Gasteiger charge is -2.08. The lowest BCUT2D eigenvalue weighted by Crippen LogP contribution is -2.26. The summed E-state index contributed by atoms with van der Waals surface area (Å²) in [4.78, 5) is 21.1. The Kier molecular flexibility index (Phi) is 4.75. The molecule has 0 saturated carbocycles. The number of carbonyl (C=O) groups excluding carboxylic acids is 1. The number of benzene rings is 2.